The topological polar surface area (TPSA) is 111 Å². The van der Waals surface area contributed by atoms with Crippen LogP contribution in [0.25, 0.3) is 0 Å². The number of hydrogen-bond donors (Lipinski definition) is 0. The molecule has 0 radical (unpaired) electrons. The Balaban J connectivity index is 4.16. The van der Waals surface area contributed by atoms with Crippen molar-refractivity contribution in [3.8, 4) is 0 Å². The van der Waals surface area contributed by atoms with E-state index in [1.807, 2.05) is 21.1 Å². The summed E-state index contributed by atoms with van der Waals surface area (Å²) < 4.78 is 22.8. The van der Waals surface area contributed by atoms with Crippen molar-refractivity contribution in [2.24, 2.45) is 0 Å². The molecule has 2 unspecified atom stereocenters. The summed E-state index contributed by atoms with van der Waals surface area (Å²) in [6, 6.07) is 0. The maximum absolute atomic E-state index is 12.9. The third kappa shape index (κ3) is 73.0. The molecule has 91 heavy (non-hydrogen) atoms. The first-order valence-electron chi connectivity index (χ1n) is 37.7. The molecule has 0 spiro atoms. The van der Waals surface area contributed by atoms with Gasteiger partial charge in [0.2, 0.25) is 0 Å². The number of hydrogen-bond acceptors (Lipinski definition) is 8. The van der Waals surface area contributed by atoms with E-state index in [9.17, 15) is 19.5 Å². The molecular formula is C82H141NO8. The number of quaternary nitrogens is 1. The minimum Gasteiger partial charge on any atom is -0.545 e. The number of unbranched alkanes of at least 4 members (excludes halogenated alkanes) is 34. The van der Waals surface area contributed by atoms with E-state index >= 15 is 0 Å². The van der Waals surface area contributed by atoms with Gasteiger partial charge in [-0.3, -0.25) is 9.59 Å². The zero-order valence-corrected chi connectivity index (χ0v) is 59.7. The zero-order valence-electron chi connectivity index (χ0n) is 59.7. The third-order valence-corrected chi connectivity index (χ3v) is 16.2. The van der Waals surface area contributed by atoms with E-state index in [1.54, 1.807) is 0 Å². The molecule has 0 aliphatic carbocycles. The van der Waals surface area contributed by atoms with Gasteiger partial charge in [-0.15, -0.1) is 0 Å². The SMILES string of the molecule is CC/C=C\C/C=C\C/C=C\C/C=C\C/C=C\C/C=C\C/C=C\C/C=C\C/C=C\C/C=C\CCCCCCC(=O)OC(COC(=O)CCCCCCCCCCCCCCCCCCCCCCCCCCCCCCCCC)COC(OCC[N+](C)(C)C)C(=O)[O-]. The molecule has 0 N–H and O–H groups in total. The summed E-state index contributed by atoms with van der Waals surface area (Å²) in [4.78, 5) is 37.5. The molecule has 0 aliphatic rings. The van der Waals surface area contributed by atoms with Crippen LogP contribution >= 0.6 is 0 Å². The van der Waals surface area contributed by atoms with Gasteiger partial charge in [0.15, 0.2) is 12.4 Å². The van der Waals surface area contributed by atoms with Crippen LogP contribution in [0.3, 0.4) is 0 Å². The number of nitrogens with zero attached hydrogens (tertiary/aromatic N) is 1. The van der Waals surface area contributed by atoms with Crippen LogP contribution in [0.1, 0.15) is 322 Å². The number of allylic oxidation sites excluding steroid dienone is 20. The van der Waals surface area contributed by atoms with E-state index < -0.39 is 24.3 Å². The second-order valence-corrected chi connectivity index (χ2v) is 26.2. The number of esters is 2. The first-order valence-corrected chi connectivity index (χ1v) is 37.7. The lowest BCUT2D eigenvalue weighted by Crippen LogP contribution is -2.44. The molecule has 0 fully saturated rings. The summed E-state index contributed by atoms with van der Waals surface area (Å²) in [5.74, 6) is -2.31. The first-order chi connectivity index (χ1) is 44.6. The normalized spacial score (nSPS) is 13.4. The predicted molar refractivity (Wildman–Crippen MR) is 389 cm³/mol. The quantitative estimate of drug-likeness (QED) is 0.0195. The average Bonchev–Trinajstić information content (AvgIpc) is 3.46. The van der Waals surface area contributed by atoms with Crippen LogP contribution in [0.4, 0.5) is 0 Å². The number of likely N-dealkylation sites (N-methyl/N-ethyl adjacent to an activating group) is 1. The Morgan fingerprint density at radius 1 is 0.341 bits per heavy atom. The molecule has 0 amide bonds. The summed E-state index contributed by atoms with van der Waals surface area (Å²) in [5, 5.41) is 11.8. The molecular weight excluding hydrogens is 1130 g/mol. The number of ether oxygens (including phenoxy) is 4. The third-order valence-electron chi connectivity index (χ3n) is 16.2. The summed E-state index contributed by atoms with van der Waals surface area (Å²) in [5.41, 5.74) is 0. The van der Waals surface area contributed by atoms with Crippen molar-refractivity contribution < 1.29 is 42.9 Å². The largest absolute Gasteiger partial charge is 0.545 e. The van der Waals surface area contributed by atoms with Crippen LogP contribution in [0.5, 0.6) is 0 Å². The van der Waals surface area contributed by atoms with E-state index in [0.29, 0.717) is 17.4 Å². The van der Waals surface area contributed by atoms with E-state index in [2.05, 4.69) is 135 Å². The molecule has 0 aromatic carbocycles. The second-order valence-electron chi connectivity index (χ2n) is 26.2. The number of aliphatic carboxylic acids is 1. The van der Waals surface area contributed by atoms with Crippen molar-refractivity contribution in [3.63, 3.8) is 0 Å². The van der Waals surface area contributed by atoms with Gasteiger partial charge in [0.25, 0.3) is 0 Å². The van der Waals surface area contributed by atoms with Gasteiger partial charge in [0.1, 0.15) is 13.2 Å². The summed E-state index contributed by atoms with van der Waals surface area (Å²) in [6.45, 7) is 4.63. The van der Waals surface area contributed by atoms with Crippen molar-refractivity contribution in [1.82, 2.24) is 0 Å². The monoisotopic (exact) mass is 1270 g/mol. The van der Waals surface area contributed by atoms with Gasteiger partial charge < -0.3 is 33.3 Å². The Morgan fingerprint density at radius 3 is 0.934 bits per heavy atom. The minimum atomic E-state index is -1.64. The fourth-order valence-corrected chi connectivity index (χ4v) is 10.5. The van der Waals surface area contributed by atoms with Crippen molar-refractivity contribution in [3.05, 3.63) is 122 Å². The van der Waals surface area contributed by atoms with Crippen molar-refractivity contribution in [1.29, 1.82) is 0 Å². The molecule has 0 aliphatic heterocycles. The highest BCUT2D eigenvalue weighted by molar-refractivity contribution is 5.70. The van der Waals surface area contributed by atoms with Crippen LogP contribution in [-0.2, 0) is 33.3 Å². The second kappa shape index (κ2) is 71.5. The molecule has 0 aromatic heterocycles. The highest BCUT2D eigenvalue weighted by atomic mass is 16.7. The van der Waals surface area contributed by atoms with Gasteiger partial charge in [-0.1, -0.05) is 341 Å². The maximum Gasteiger partial charge on any atom is 0.306 e. The van der Waals surface area contributed by atoms with Gasteiger partial charge in [0, 0.05) is 12.8 Å². The standard InChI is InChI=1S/C82H141NO8/c1-6-8-10-12-14-16-18-20-22-24-26-28-30-32-34-36-38-39-40-41-43-45-47-49-51-53-55-57-59-61-63-65-67-69-71-73-80(85)91-78(77-90-82(81(86)87)88-75-74-83(3,4)5)76-89-79(84)72-70-68-66-64-62-60-58-56-54-52-50-48-46-44-42-37-35-33-31-29-27-25-23-21-19-17-15-13-11-9-7-2/h8,10,14,16,20,22,26,28,32,34,38-39,41,43,47,49,53,55,59,61,78,82H,6-7,9,11-13,15,17-19,21,23-25,27,29-31,33,35-37,40,42,44-46,48,50-52,54,56-58,60,62-77H2,1-5H3/b10-8-,16-14-,22-20-,28-26-,34-32-,39-38-,43-41-,49-47-,55-53-,61-59-. The number of carboxylic acids is 1. The molecule has 0 saturated carbocycles. The Hall–Kier alpha value is -4.31. The van der Waals surface area contributed by atoms with Crippen LogP contribution in [0.15, 0.2) is 122 Å². The highest BCUT2D eigenvalue weighted by Gasteiger charge is 2.22. The number of carbonyl (C=O) groups is 3. The molecule has 0 heterocycles. The lowest BCUT2D eigenvalue weighted by atomic mass is 10.0. The van der Waals surface area contributed by atoms with Crippen molar-refractivity contribution in [2.75, 3.05) is 47.5 Å². The smallest absolute Gasteiger partial charge is 0.306 e. The van der Waals surface area contributed by atoms with Gasteiger partial charge >= 0.3 is 11.9 Å². The van der Waals surface area contributed by atoms with Crippen molar-refractivity contribution in [2.45, 2.75) is 334 Å². The van der Waals surface area contributed by atoms with E-state index in [-0.39, 0.29) is 38.6 Å². The Morgan fingerprint density at radius 2 is 0.626 bits per heavy atom. The Bertz CT molecular complexity index is 1910. The van der Waals surface area contributed by atoms with E-state index in [4.69, 9.17) is 18.9 Å². The fourth-order valence-electron chi connectivity index (χ4n) is 10.5. The molecule has 2 atom stereocenters. The molecule has 9 heteroatoms. The predicted octanol–water partition coefficient (Wildman–Crippen LogP) is 22.6. The van der Waals surface area contributed by atoms with Crippen LogP contribution in [0.2, 0.25) is 0 Å². The molecule has 0 saturated heterocycles. The highest BCUT2D eigenvalue weighted by Crippen LogP contribution is 2.18. The van der Waals surface area contributed by atoms with Crippen LogP contribution < -0.4 is 5.11 Å². The Kier molecular flexibility index (Phi) is 68.1. The summed E-state index contributed by atoms with van der Waals surface area (Å²) in [6.07, 6.45) is 98.7. The molecule has 522 valence electrons. The van der Waals surface area contributed by atoms with E-state index in [0.717, 1.165) is 109 Å². The van der Waals surface area contributed by atoms with Gasteiger partial charge in [-0.05, 0) is 89.9 Å². The molecule has 9 nitrogen and oxygen atoms in total. The lowest BCUT2D eigenvalue weighted by Gasteiger charge is -2.26. The maximum atomic E-state index is 12.9. The van der Waals surface area contributed by atoms with Gasteiger partial charge in [-0.2, -0.15) is 0 Å². The summed E-state index contributed by atoms with van der Waals surface area (Å²) in [7, 11) is 5.92. The van der Waals surface area contributed by atoms with Crippen LogP contribution in [-0.4, -0.2) is 82.3 Å². The minimum absolute atomic E-state index is 0.138. The van der Waals surface area contributed by atoms with Gasteiger partial charge in [0.05, 0.1) is 40.3 Å². The summed E-state index contributed by atoms with van der Waals surface area (Å²) >= 11 is 0. The molecule has 0 aromatic rings. The van der Waals surface area contributed by atoms with Crippen molar-refractivity contribution >= 4 is 17.9 Å². The first kappa shape index (κ1) is 86.7. The average molecular weight is 1270 g/mol. The van der Waals surface area contributed by atoms with Crippen LogP contribution in [0, 0.1) is 0 Å². The molecule has 0 rings (SSSR count). The Labute approximate surface area is 561 Å². The van der Waals surface area contributed by atoms with Gasteiger partial charge in [-0.25, -0.2) is 0 Å². The molecule has 0 bridgehead atoms. The lowest BCUT2D eigenvalue weighted by molar-refractivity contribution is -0.870. The number of rotatable bonds is 69. The number of carbonyl (C=O) groups excluding carboxylic acids is 3. The number of carboxylic acid groups (broad SMARTS) is 1. The fraction of sp³-hybridized carbons (Fsp3) is 0.720. The zero-order chi connectivity index (χ0) is 66.1. The van der Waals surface area contributed by atoms with E-state index in [1.165, 1.54) is 180 Å².